The summed E-state index contributed by atoms with van der Waals surface area (Å²) >= 11 is 0. The van der Waals surface area contributed by atoms with Crippen molar-refractivity contribution < 1.29 is 19.1 Å². The summed E-state index contributed by atoms with van der Waals surface area (Å²) in [6.07, 6.45) is 2.18. The summed E-state index contributed by atoms with van der Waals surface area (Å²) in [7, 11) is 0. The second-order valence-corrected chi connectivity index (χ2v) is 6.37. The Balaban J connectivity index is 1.48. The molecule has 1 aliphatic rings. The van der Waals surface area contributed by atoms with Gasteiger partial charge in [-0.25, -0.2) is 9.59 Å². The Hall–Kier alpha value is -3.82. The molecule has 0 spiro atoms. The Labute approximate surface area is 158 Å². The molecule has 3 aromatic rings. The standard InChI is InChI=1S/C18H17N5O5/c24-16(20-12-1-2-14-15(8-12)28-17(25)21-14)11-7-13(10-19-9-11)22-3-5-23(6-4-22)18(26)27/h1-2,7-10H,3-6H2,(H,20,24)(H,21,25)(H,26,27). The van der Waals surface area contributed by atoms with Crippen molar-refractivity contribution in [3.05, 3.63) is 52.8 Å². The second kappa shape index (κ2) is 7.06. The van der Waals surface area contributed by atoms with Crippen molar-refractivity contribution in [3.8, 4) is 0 Å². The Morgan fingerprint density at radius 2 is 1.93 bits per heavy atom. The van der Waals surface area contributed by atoms with Gasteiger partial charge in [0.1, 0.15) is 0 Å². The molecule has 0 radical (unpaired) electrons. The molecule has 0 aliphatic carbocycles. The van der Waals surface area contributed by atoms with Crippen LogP contribution in [0.25, 0.3) is 11.1 Å². The first-order chi connectivity index (χ1) is 13.5. The normalized spacial score (nSPS) is 14.3. The number of aromatic nitrogens is 2. The van der Waals surface area contributed by atoms with Crippen LogP contribution < -0.4 is 16.0 Å². The number of amides is 2. The van der Waals surface area contributed by atoms with Gasteiger partial charge in [0.05, 0.1) is 23.0 Å². The smallest absolute Gasteiger partial charge is 0.417 e. The van der Waals surface area contributed by atoms with E-state index in [9.17, 15) is 14.4 Å². The van der Waals surface area contributed by atoms with Crippen LogP contribution in [0, 0.1) is 0 Å². The number of hydrogen-bond donors (Lipinski definition) is 3. The van der Waals surface area contributed by atoms with Gasteiger partial charge in [0, 0.05) is 44.1 Å². The third-order valence-electron chi connectivity index (χ3n) is 4.58. The molecule has 0 bridgehead atoms. The van der Waals surface area contributed by atoms with Gasteiger partial charge in [-0.15, -0.1) is 0 Å². The number of carboxylic acid groups (broad SMARTS) is 1. The first-order valence-corrected chi connectivity index (χ1v) is 8.62. The highest BCUT2D eigenvalue weighted by molar-refractivity contribution is 6.05. The molecule has 3 N–H and O–H groups in total. The lowest BCUT2D eigenvalue weighted by Gasteiger charge is -2.34. The van der Waals surface area contributed by atoms with Crippen LogP contribution in [0.2, 0.25) is 0 Å². The average Bonchev–Trinajstić information content (AvgIpc) is 3.07. The summed E-state index contributed by atoms with van der Waals surface area (Å²) in [5.74, 6) is -0.908. The number of pyridine rings is 1. The third kappa shape index (κ3) is 3.52. The second-order valence-electron chi connectivity index (χ2n) is 6.37. The van der Waals surface area contributed by atoms with Crippen LogP contribution in [-0.2, 0) is 0 Å². The number of aromatic amines is 1. The SMILES string of the molecule is O=C(Nc1ccc2[nH]c(=O)oc2c1)c1cncc(N2CCN(C(=O)O)CC2)c1. The molecule has 10 heteroatoms. The monoisotopic (exact) mass is 383 g/mol. The molecule has 2 aromatic heterocycles. The molecular weight excluding hydrogens is 366 g/mol. The van der Waals surface area contributed by atoms with Gasteiger partial charge >= 0.3 is 11.8 Å². The number of anilines is 2. The summed E-state index contributed by atoms with van der Waals surface area (Å²) in [6, 6.07) is 6.59. The number of nitrogens with one attached hydrogen (secondary N) is 2. The van der Waals surface area contributed by atoms with Crippen molar-refractivity contribution in [1.29, 1.82) is 0 Å². The van der Waals surface area contributed by atoms with Gasteiger partial charge in [-0.1, -0.05) is 0 Å². The number of nitrogens with zero attached hydrogens (tertiary/aromatic N) is 3. The lowest BCUT2D eigenvalue weighted by atomic mass is 10.2. The summed E-state index contributed by atoms with van der Waals surface area (Å²) in [4.78, 5) is 44.8. The fourth-order valence-electron chi connectivity index (χ4n) is 3.11. The van der Waals surface area contributed by atoms with Crippen LogP contribution in [0.5, 0.6) is 0 Å². The van der Waals surface area contributed by atoms with Crippen LogP contribution in [0.3, 0.4) is 0 Å². The topological polar surface area (TPSA) is 132 Å². The van der Waals surface area contributed by atoms with Crippen LogP contribution >= 0.6 is 0 Å². The van der Waals surface area contributed by atoms with Gasteiger partial charge in [-0.05, 0) is 18.2 Å². The van der Waals surface area contributed by atoms with Crippen molar-refractivity contribution >= 4 is 34.5 Å². The number of benzene rings is 1. The zero-order valence-electron chi connectivity index (χ0n) is 14.7. The minimum atomic E-state index is -0.930. The number of fused-ring (bicyclic) bond motifs is 1. The fraction of sp³-hybridized carbons (Fsp3) is 0.222. The van der Waals surface area contributed by atoms with Crippen LogP contribution in [0.1, 0.15) is 10.4 Å². The average molecular weight is 383 g/mol. The quantitative estimate of drug-likeness (QED) is 0.625. The lowest BCUT2D eigenvalue weighted by Crippen LogP contribution is -2.48. The van der Waals surface area contributed by atoms with E-state index in [4.69, 9.17) is 9.52 Å². The molecule has 4 rings (SSSR count). The molecule has 1 aromatic carbocycles. The highest BCUT2D eigenvalue weighted by Gasteiger charge is 2.21. The molecule has 0 atom stereocenters. The molecule has 1 saturated heterocycles. The van der Waals surface area contributed by atoms with E-state index in [1.54, 1.807) is 30.5 Å². The molecule has 1 fully saturated rings. The lowest BCUT2D eigenvalue weighted by molar-refractivity contribution is 0.102. The van der Waals surface area contributed by atoms with Gasteiger partial charge < -0.3 is 24.6 Å². The summed E-state index contributed by atoms with van der Waals surface area (Å²) in [5, 5.41) is 11.8. The Kier molecular flexibility index (Phi) is 4.44. The number of rotatable bonds is 3. The van der Waals surface area contributed by atoms with E-state index in [0.29, 0.717) is 48.5 Å². The predicted octanol–water partition coefficient (Wildman–Crippen LogP) is 1.57. The van der Waals surface area contributed by atoms with E-state index in [2.05, 4.69) is 15.3 Å². The van der Waals surface area contributed by atoms with Gasteiger partial charge in [0.15, 0.2) is 5.58 Å². The van der Waals surface area contributed by atoms with Crippen molar-refractivity contribution in [2.45, 2.75) is 0 Å². The largest absolute Gasteiger partial charge is 0.465 e. The minimum absolute atomic E-state index is 0.351. The first-order valence-electron chi connectivity index (χ1n) is 8.62. The number of carbonyl (C=O) groups excluding carboxylic acids is 1. The highest BCUT2D eigenvalue weighted by Crippen LogP contribution is 2.20. The Bertz CT molecular complexity index is 1100. The van der Waals surface area contributed by atoms with Crippen molar-refractivity contribution in [2.24, 2.45) is 0 Å². The maximum absolute atomic E-state index is 12.6. The van der Waals surface area contributed by atoms with Gasteiger partial charge in [-0.2, -0.15) is 0 Å². The van der Waals surface area contributed by atoms with Crippen LogP contribution in [0.4, 0.5) is 16.2 Å². The summed E-state index contributed by atoms with van der Waals surface area (Å²) < 4.78 is 4.99. The number of H-pyrrole nitrogens is 1. The zero-order valence-corrected chi connectivity index (χ0v) is 14.7. The first kappa shape index (κ1) is 17.6. The zero-order chi connectivity index (χ0) is 19.7. The fourth-order valence-corrected chi connectivity index (χ4v) is 3.11. The molecule has 0 unspecified atom stereocenters. The van der Waals surface area contributed by atoms with Gasteiger partial charge in [-0.3, -0.25) is 14.8 Å². The van der Waals surface area contributed by atoms with Crippen LogP contribution in [-0.4, -0.2) is 58.2 Å². The summed E-state index contributed by atoms with van der Waals surface area (Å²) in [5.41, 5.74) is 2.51. The molecule has 28 heavy (non-hydrogen) atoms. The van der Waals surface area contributed by atoms with E-state index in [1.807, 2.05) is 4.90 Å². The molecule has 2 amide bonds. The summed E-state index contributed by atoms with van der Waals surface area (Å²) in [6.45, 7) is 1.85. The van der Waals surface area contributed by atoms with E-state index < -0.39 is 11.8 Å². The van der Waals surface area contributed by atoms with Gasteiger partial charge in [0.25, 0.3) is 5.91 Å². The van der Waals surface area contributed by atoms with E-state index in [1.165, 1.54) is 11.1 Å². The van der Waals surface area contributed by atoms with Crippen molar-refractivity contribution in [3.63, 3.8) is 0 Å². The predicted molar refractivity (Wildman–Crippen MR) is 101 cm³/mol. The Morgan fingerprint density at radius 3 is 2.68 bits per heavy atom. The van der Waals surface area contributed by atoms with E-state index in [0.717, 1.165) is 5.69 Å². The number of hydrogen-bond acceptors (Lipinski definition) is 6. The minimum Gasteiger partial charge on any atom is -0.465 e. The molecule has 10 nitrogen and oxygen atoms in total. The molecule has 0 saturated carbocycles. The molecular formula is C18H17N5O5. The maximum atomic E-state index is 12.6. The highest BCUT2D eigenvalue weighted by atomic mass is 16.4. The number of piperazine rings is 1. The molecule has 1 aliphatic heterocycles. The number of carbonyl (C=O) groups is 2. The van der Waals surface area contributed by atoms with Crippen molar-refractivity contribution in [2.75, 3.05) is 36.4 Å². The van der Waals surface area contributed by atoms with Crippen molar-refractivity contribution in [1.82, 2.24) is 14.9 Å². The van der Waals surface area contributed by atoms with E-state index >= 15 is 0 Å². The van der Waals surface area contributed by atoms with E-state index in [-0.39, 0.29) is 5.91 Å². The Morgan fingerprint density at radius 1 is 1.14 bits per heavy atom. The van der Waals surface area contributed by atoms with Gasteiger partial charge in [0.2, 0.25) is 0 Å². The third-order valence-corrected chi connectivity index (χ3v) is 4.58. The molecule has 3 heterocycles. The maximum Gasteiger partial charge on any atom is 0.417 e. The number of oxazole rings is 1. The van der Waals surface area contributed by atoms with Crippen LogP contribution in [0.15, 0.2) is 45.9 Å². The molecule has 144 valence electrons.